The van der Waals surface area contributed by atoms with Crippen LogP contribution >= 0.6 is 0 Å². The van der Waals surface area contributed by atoms with Crippen LogP contribution in [0.15, 0.2) is 54.7 Å². The standard InChI is InChI=1S/C19H17N7O/c1-2-13-6-3-4-9-17(13)22-19(27)14-7-5-8-16(10-14)21-12-15(11-20)18-23-25-26-24-18/h3-10,12,21H,2H2,1H3,(H,22,27)(H,23,24,25,26). The Morgan fingerprint density at radius 3 is 2.85 bits per heavy atom. The number of aromatic nitrogens is 4. The fourth-order valence-electron chi connectivity index (χ4n) is 2.47. The first-order chi connectivity index (χ1) is 13.2. The van der Waals surface area contributed by atoms with E-state index in [4.69, 9.17) is 0 Å². The van der Waals surface area contributed by atoms with Gasteiger partial charge in [0.15, 0.2) is 0 Å². The first-order valence-corrected chi connectivity index (χ1v) is 8.31. The number of rotatable bonds is 6. The highest BCUT2D eigenvalue weighted by Crippen LogP contribution is 2.18. The molecule has 3 aromatic rings. The van der Waals surface area contributed by atoms with Gasteiger partial charge in [-0.2, -0.15) is 10.5 Å². The minimum atomic E-state index is -0.206. The largest absolute Gasteiger partial charge is 0.360 e. The topological polar surface area (TPSA) is 119 Å². The Balaban J connectivity index is 1.75. The van der Waals surface area contributed by atoms with Crippen LogP contribution in [-0.2, 0) is 6.42 Å². The monoisotopic (exact) mass is 359 g/mol. The first-order valence-electron chi connectivity index (χ1n) is 8.31. The van der Waals surface area contributed by atoms with Gasteiger partial charge in [0.1, 0.15) is 11.6 Å². The van der Waals surface area contributed by atoms with E-state index in [0.717, 1.165) is 17.7 Å². The summed E-state index contributed by atoms with van der Waals surface area (Å²) in [7, 11) is 0. The van der Waals surface area contributed by atoms with Gasteiger partial charge in [0, 0.05) is 23.1 Å². The number of H-pyrrole nitrogens is 1. The van der Waals surface area contributed by atoms with Crippen LogP contribution in [0.5, 0.6) is 0 Å². The highest BCUT2D eigenvalue weighted by molar-refractivity contribution is 6.05. The third kappa shape index (κ3) is 4.35. The van der Waals surface area contributed by atoms with Crippen LogP contribution in [0.25, 0.3) is 5.57 Å². The molecular formula is C19H17N7O. The second-order valence-corrected chi connectivity index (χ2v) is 5.60. The summed E-state index contributed by atoms with van der Waals surface area (Å²) < 4.78 is 0. The maximum absolute atomic E-state index is 12.6. The predicted octanol–water partition coefficient (Wildman–Crippen LogP) is 2.99. The Hall–Kier alpha value is -3.99. The van der Waals surface area contributed by atoms with E-state index in [1.165, 1.54) is 6.20 Å². The number of carbonyl (C=O) groups is 1. The normalized spacial score (nSPS) is 10.9. The molecule has 0 aliphatic carbocycles. The molecular weight excluding hydrogens is 342 g/mol. The van der Waals surface area contributed by atoms with E-state index in [1.54, 1.807) is 24.3 Å². The molecule has 0 aliphatic rings. The van der Waals surface area contributed by atoms with Gasteiger partial charge in [-0.05, 0) is 41.5 Å². The van der Waals surface area contributed by atoms with Crippen molar-refractivity contribution in [1.29, 1.82) is 5.26 Å². The van der Waals surface area contributed by atoms with Gasteiger partial charge < -0.3 is 10.6 Å². The molecule has 8 heteroatoms. The lowest BCUT2D eigenvalue weighted by molar-refractivity contribution is 0.102. The van der Waals surface area contributed by atoms with Crippen molar-refractivity contribution in [2.24, 2.45) is 0 Å². The molecule has 0 spiro atoms. The molecule has 2 aromatic carbocycles. The molecule has 8 nitrogen and oxygen atoms in total. The third-order valence-electron chi connectivity index (χ3n) is 3.86. The van der Waals surface area contributed by atoms with E-state index in [-0.39, 0.29) is 17.3 Å². The van der Waals surface area contributed by atoms with Crippen molar-refractivity contribution in [2.45, 2.75) is 13.3 Å². The van der Waals surface area contributed by atoms with E-state index < -0.39 is 0 Å². The molecule has 0 aliphatic heterocycles. The molecule has 1 aromatic heterocycles. The van der Waals surface area contributed by atoms with E-state index in [2.05, 4.69) is 31.3 Å². The molecule has 3 N–H and O–H groups in total. The number of hydrogen-bond donors (Lipinski definition) is 3. The summed E-state index contributed by atoms with van der Waals surface area (Å²) in [4.78, 5) is 12.6. The number of tetrazole rings is 1. The summed E-state index contributed by atoms with van der Waals surface area (Å²) in [5.41, 5.74) is 3.24. The van der Waals surface area contributed by atoms with Gasteiger partial charge in [-0.1, -0.05) is 31.2 Å². The lowest BCUT2D eigenvalue weighted by Crippen LogP contribution is -2.13. The Morgan fingerprint density at radius 1 is 1.26 bits per heavy atom. The Bertz CT molecular complexity index is 1000. The number of aryl methyl sites for hydroxylation is 1. The Morgan fingerprint density at radius 2 is 2.11 bits per heavy atom. The van der Waals surface area contributed by atoms with Gasteiger partial charge in [0.25, 0.3) is 5.91 Å². The third-order valence-corrected chi connectivity index (χ3v) is 3.86. The quantitative estimate of drug-likeness (QED) is 0.582. The van der Waals surface area contributed by atoms with Crippen molar-refractivity contribution in [2.75, 3.05) is 10.6 Å². The number of nitriles is 1. The minimum absolute atomic E-state index is 0.190. The van der Waals surface area contributed by atoms with Crippen molar-refractivity contribution >= 4 is 22.9 Å². The number of allylic oxidation sites excluding steroid dienone is 1. The molecule has 0 saturated carbocycles. The fourth-order valence-corrected chi connectivity index (χ4v) is 2.47. The number of nitrogens with zero attached hydrogens (tertiary/aromatic N) is 4. The summed E-state index contributed by atoms with van der Waals surface area (Å²) in [6.07, 6.45) is 2.30. The number of para-hydroxylation sites is 1. The summed E-state index contributed by atoms with van der Waals surface area (Å²) in [5, 5.41) is 28.4. The molecule has 0 unspecified atom stereocenters. The minimum Gasteiger partial charge on any atom is -0.360 e. The lowest BCUT2D eigenvalue weighted by Gasteiger charge is -2.10. The zero-order valence-corrected chi connectivity index (χ0v) is 14.6. The predicted molar refractivity (Wildman–Crippen MR) is 102 cm³/mol. The summed E-state index contributed by atoms with van der Waals surface area (Å²) in [6.45, 7) is 2.04. The van der Waals surface area contributed by atoms with Crippen LogP contribution in [0, 0.1) is 11.3 Å². The van der Waals surface area contributed by atoms with Crippen LogP contribution in [0.1, 0.15) is 28.7 Å². The second-order valence-electron chi connectivity index (χ2n) is 5.60. The van der Waals surface area contributed by atoms with Crippen molar-refractivity contribution in [3.8, 4) is 6.07 Å². The summed E-state index contributed by atoms with van der Waals surface area (Å²) in [5.74, 6) is -0.0164. The molecule has 0 atom stereocenters. The summed E-state index contributed by atoms with van der Waals surface area (Å²) in [6, 6.07) is 16.7. The average Bonchev–Trinajstić information content (AvgIpc) is 3.24. The molecule has 1 amide bonds. The van der Waals surface area contributed by atoms with Gasteiger partial charge in [-0.3, -0.25) is 4.79 Å². The molecule has 0 radical (unpaired) electrons. The molecule has 0 saturated heterocycles. The van der Waals surface area contributed by atoms with E-state index in [1.807, 2.05) is 37.3 Å². The highest BCUT2D eigenvalue weighted by atomic mass is 16.1. The smallest absolute Gasteiger partial charge is 0.255 e. The van der Waals surface area contributed by atoms with Crippen molar-refractivity contribution < 1.29 is 4.79 Å². The van der Waals surface area contributed by atoms with Crippen molar-refractivity contribution in [1.82, 2.24) is 20.6 Å². The van der Waals surface area contributed by atoms with Gasteiger partial charge in [0.05, 0.1) is 0 Å². The zero-order chi connectivity index (χ0) is 19.1. The molecule has 27 heavy (non-hydrogen) atoms. The van der Waals surface area contributed by atoms with Gasteiger partial charge in [-0.15, -0.1) is 10.2 Å². The Kier molecular flexibility index (Phi) is 5.54. The van der Waals surface area contributed by atoms with Crippen LogP contribution in [-0.4, -0.2) is 26.5 Å². The van der Waals surface area contributed by atoms with E-state index in [0.29, 0.717) is 11.3 Å². The van der Waals surface area contributed by atoms with Crippen LogP contribution < -0.4 is 10.6 Å². The van der Waals surface area contributed by atoms with Crippen LogP contribution in [0.3, 0.4) is 0 Å². The fraction of sp³-hybridized carbons (Fsp3) is 0.105. The number of anilines is 2. The zero-order valence-electron chi connectivity index (χ0n) is 14.6. The number of aromatic amines is 1. The van der Waals surface area contributed by atoms with Crippen molar-refractivity contribution in [3.63, 3.8) is 0 Å². The van der Waals surface area contributed by atoms with Gasteiger partial charge >= 0.3 is 0 Å². The van der Waals surface area contributed by atoms with Gasteiger partial charge in [0.2, 0.25) is 5.82 Å². The van der Waals surface area contributed by atoms with Crippen LogP contribution in [0.4, 0.5) is 11.4 Å². The second kappa shape index (κ2) is 8.40. The van der Waals surface area contributed by atoms with Crippen LogP contribution in [0.2, 0.25) is 0 Å². The molecule has 3 rings (SSSR count). The van der Waals surface area contributed by atoms with Gasteiger partial charge in [-0.25, -0.2) is 0 Å². The average molecular weight is 359 g/mol. The summed E-state index contributed by atoms with van der Waals surface area (Å²) >= 11 is 0. The van der Waals surface area contributed by atoms with E-state index in [9.17, 15) is 10.1 Å². The molecule has 0 bridgehead atoms. The lowest BCUT2D eigenvalue weighted by atomic mass is 10.1. The number of nitrogens with one attached hydrogen (secondary N) is 3. The first kappa shape index (κ1) is 17.8. The number of carbonyl (C=O) groups excluding carboxylic acids is 1. The molecule has 134 valence electrons. The Labute approximate surface area is 155 Å². The van der Waals surface area contributed by atoms with E-state index >= 15 is 0 Å². The number of amides is 1. The maximum Gasteiger partial charge on any atom is 0.255 e. The SMILES string of the molecule is CCc1ccccc1NC(=O)c1cccc(NC=C(C#N)c2nn[nH]n2)c1. The number of benzene rings is 2. The highest BCUT2D eigenvalue weighted by Gasteiger charge is 2.09. The van der Waals surface area contributed by atoms with Crippen molar-refractivity contribution in [3.05, 3.63) is 71.7 Å². The maximum atomic E-state index is 12.6. The molecule has 1 heterocycles. The molecule has 0 fully saturated rings. The number of hydrogen-bond acceptors (Lipinski definition) is 6.